The standard InChI is InChI=1S/C23H24N4OS2/c1-15(2)25(16(3)4)22-24-20-19(21(28)27(22)18-13-9-6-10-14-18)30-23(29)26(20)17-11-7-5-8-12-17/h5-16H,1-4H3. The minimum atomic E-state index is -0.0988. The summed E-state index contributed by atoms with van der Waals surface area (Å²) in [6.45, 7) is 8.46. The smallest absolute Gasteiger partial charge is 0.279 e. The minimum absolute atomic E-state index is 0.0988. The lowest BCUT2D eigenvalue weighted by atomic mass is 10.2. The van der Waals surface area contributed by atoms with Gasteiger partial charge in [-0.1, -0.05) is 47.7 Å². The molecule has 2 aromatic heterocycles. The first-order valence-corrected chi connectivity index (χ1v) is 11.2. The van der Waals surface area contributed by atoms with Gasteiger partial charge in [-0.25, -0.2) is 4.57 Å². The highest BCUT2D eigenvalue weighted by Gasteiger charge is 2.25. The molecule has 154 valence electrons. The van der Waals surface area contributed by atoms with Crippen LogP contribution in [0.5, 0.6) is 0 Å². The third-order valence-electron chi connectivity index (χ3n) is 4.96. The van der Waals surface area contributed by atoms with Gasteiger partial charge in [0.2, 0.25) is 5.95 Å². The zero-order valence-electron chi connectivity index (χ0n) is 17.4. The Bertz CT molecular complexity index is 1280. The van der Waals surface area contributed by atoms with Crippen molar-refractivity contribution in [1.29, 1.82) is 0 Å². The van der Waals surface area contributed by atoms with Crippen LogP contribution in [0, 0.1) is 3.95 Å². The number of hydrogen-bond acceptors (Lipinski definition) is 5. The molecule has 2 heterocycles. The Labute approximate surface area is 184 Å². The molecule has 0 unspecified atom stereocenters. The highest BCUT2D eigenvalue weighted by molar-refractivity contribution is 7.73. The quantitative estimate of drug-likeness (QED) is 0.383. The summed E-state index contributed by atoms with van der Waals surface area (Å²) in [4.78, 5) is 21.0. The number of benzene rings is 2. The molecule has 0 atom stereocenters. The molecule has 0 spiro atoms. The Balaban J connectivity index is 2.14. The summed E-state index contributed by atoms with van der Waals surface area (Å²) < 4.78 is 4.78. The van der Waals surface area contributed by atoms with Crippen molar-refractivity contribution < 1.29 is 0 Å². The van der Waals surface area contributed by atoms with E-state index in [-0.39, 0.29) is 17.6 Å². The number of fused-ring (bicyclic) bond motifs is 1. The number of aromatic nitrogens is 3. The van der Waals surface area contributed by atoms with Crippen LogP contribution >= 0.6 is 23.6 Å². The predicted octanol–water partition coefficient (Wildman–Crippen LogP) is 5.59. The number of rotatable bonds is 5. The molecule has 4 aromatic rings. The summed E-state index contributed by atoms with van der Waals surface area (Å²) in [7, 11) is 0. The fourth-order valence-electron chi connectivity index (χ4n) is 3.79. The van der Waals surface area contributed by atoms with Gasteiger partial charge in [0.15, 0.2) is 9.60 Å². The van der Waals surface area contributed by atoms with Gasteiger partial charge in [-0.15, -0.1) is 0 Å². The monoisotopic (exact) mass is 436 g/mol. The van der Waals surface area contributed by atoms with Crippen molar-refractivity contribution >= 4 is 39.9 Å². The van der Waals surface area contributed by atoms with Gasteiger partial charge < -0.3 is 4.90 Å². The topological polar surface area (TPSA) is 43.1 Å². The van der Waals surface area contributed by atoms with Gasteiger partial charge in [0.05, 0.1) is 5.69 Å². The molecule has 0 N–H and O–H groups in total. The number of anilines is 1. The van der Waals surface area contributed by atoms with Crippen LogP contribution in [0.2, 0.25) is 0 Å². The van der Waals surface area contributed by atoms with Crippen molar-refractivity contribution in [2.75, 3.05) is 4.90 Å². The van der Waals surface area contributed by atoms with E-state index in [1.165, 1.54) is 11.3 Å². The number of para-hydroxylation sites is 2. The Kier molecular flexibility index (Phi) is 5.58. The average molecular weight is 437 g/mol. The molecule has 0 amide bonds. The maximum atomic E-state index is 13.7. The molecular formula is C23H24N4OS2. The van der Waals surface area contributed by atoms with Gasteiger partial charge in [0.25, 0.3) is 5.56 Å². The first-order valence-electron chi connectivity index (χ1n) is 9.98. The van der Waals surface area contributed by atoms with Gasteiger partial charge in [-0.3, -0.25) is 9.36 Å². The van der Waals surface area contributed by atoms with Crippen LogP contribution < -0.4 is 10.5 Å². The van der Waals surface area contributed by atoms with Crippen LogP contribution in [0.1, 0.15) is 27.7 Å². The lowest BCUT2D eigenvalue weighted by molar-refractivity contribution is 0.582. The molecule has 30 heavy (non-hydrogen) atoms. The van der Waals surface area contributed by atoms with Crippen molar-refractivity contribution in [1.82, 2.24) is 14.1 Å². The Hall–Kier alpha value is -2.77. The van der Waals surface area contributed by atoms with Crippen LogP contribution in [0.15, 0.2) is 65.5 Å². The predicted molar refractivity (Wildman–Crippen MR) is 128 cm³/mol. The summed E-state index contributed by atoms with van der Waals surface area (Å²) in [5.74, 6) is 0.626. The van der Waals surface area contributed by atoms with Crippen LogP contribution in [0.25, 0.3) is 21.7 Å². The second kappa shape index (κ2) is 8.16. The van der Waals surface area contributed by atoms with Gasteiger partial charge in [-0.05, 0) is 64.2 Å². The van der Waals surface area contributed by atoms with Crippen LogP contribution in [-0.2, 0) is 0 Å². The van der Waals surface area contributed by atoms with Gasteiger partial charge in [0.1, 0.15) is 4.70 Å². The fourth-order valence-corrected chi connectivity index (χ4v) is 5.10. The molecule has 0 bridgehead atoms. The molecule has 0 radical (unpaired) electrons. The molecule has 0 aliphatic carbocycles. The first-order chi connectivity index (χ1) is 14.4. The van der Waals surface area contributed by atoms with E-state index in [1.54, 1.807) is 4.57 Å². The van der Waals surface area contributed by atoms with Crippen molar-refractivity contribution in [3.63, 3.8) is 0 Å². The lowest BCUT2D eigenvalue weighted by Crippen LogP contribution is -2.41. The van der Waals surface area contributed by atoms with Gasteiger partial charge >= 0.3 is 0 Å². The molecule has 7 heteroatoms. The van der Waals surface area contributed by atoms with E-state index < -0.39 is 0 Å². The van der Waals surface area contributed by atoms with Gasteiger partial charge in [-0.2, -0.15) is 4.98 Å². The lowest BCUT2D eigenvalue weighted by Gasteiger charge is -2.33. The Morgan fingerprint density at radius 2 is 1.37 bits per heavy atom. The molecular weight excluding hydrogens is 412 g/mol. The van der Waals surface area contributed by atoms with Crippen LogP contribution in [-0.4, -0.2) is 26.2 Å². The third-order valence-corrected chi connectivity index (χ3v) is 6.31. The van der Waals surface area contributed by atoms with E-state index >= 15 is 0 Å². The van der Waals surface area contributed by atoms with E-state index in [0.29, 0.717) is 20.2 Å². The zero-order valence-corrected chi connectivity index (χ0v) is 19.1. The van der Waals surface area contributed by atoms with E-state index in [1.807, 2.05) is 65.2 Å². The summed E-state index contributed by atoms with van der Waals surface area (Å²) in [5.41, 5.74) is 2.21. The molecule has 2 aromatic carbocycles. The first kappa shape index (κ1) is 20.5. The van der Waals surface area contributed by atoms with Crippen molar-refractivity contribution in [2.45, 2.75) is 39.8 Å². The minimum Gasteiger partial charge on any atom is -0.337 e. The van der Waals surface area contributed by atoms with Gasteiger partial charge in [0, 0.05) is 17.8 Å². The molecule has 4 rings (SSSR count). The van der Waals surface area contributed by atoms with E-state index in [9.17, 15) is 4.79 Å². The Morgan fingerprint density at radius 3 is 1.87 bits per heavy atom. The second-order valence-electron chi connectivity index (χ2n) is 7.67. The highest BCUT2D eigenvalue weighted by atomic mass is 32.1. The number of hydrogen-bond donors (Lipinski definition) is 0. The normalized spacial score (nSPS) is 11.5. The summed E-state index contributed by atoms with van der Waals surface area (Å²) in [5, 5.41) is 0. The van der Waals surface area contributed by atoms with E-state index in [4.69, 9.17) is 17.2 Å². The maximum absolute atomic E-state index is 13.7. The third kappa shape index (κ3) is 3.48. The molecule has 0 aliphatic heterocycles. The summed E-state index contributed by atoms with van der Waals surface area (Å²) in [6.07, 6.45) is 0. The molecule has 0 aliphatic rings. The van der Waals surface area contributed by atoms with E-state index in [2.05, 4.69) is 32.6 Å². The highest BCUT2D eigenvalue weighted by Crippen LogP contribution is 2.28. The van der Waals surface area contributed by atoms with Crippen LogP contribution in [0.4, 0.5) is 5.95 Å². The average Bonchev–Trinajstić information content (AvgIpc) is 3.05. The maximum Gasteiger partial charge on any atom is 0.279 e. The van der Waals surface area contributed by atoms with Crippen LogP contribution in [0.3, 0.4) is 0 Å². The van der Waals surface area contributed by atoms with E-state index in [0.717, 1.165) is 11.4 Å². The largest absolute Gasteiger partial charge is 0.337 e. The fraction of sp³-hybridized carbons (Fsp3) is 0.261. The molecule has 0 saturated carbocycles. The number of thiazole rings is 1. The second-order valence-corrected chi connectivity index (χ2v) is 9.32. The van der Waals surface area contributed by atoms with Crippen molar-refractivity contribution in [2.24, 2.45) is 0 Å². The summed E-state index contributed by atoms with van der Waals surface area (Å²) >= 11 is 6.96. The molecule has 0 fully saturated rings. The van der Waals surface area contributed by atoms with Crippen molar-refractivity contribution in [3.05, 3.63) is 75.0 Å². The number of nitrogens with zero attached hydrogens (tertiary/aromatic N) is 4. The zero-order chi connectivity index (χ0) is 21.4. The van der Waals surface area contributed by atoms with Crippen molar-refractivity contribution in [3.8, 4) is 11.4 Å². The summed E-state index contributed by atoms with van der Waals surface area (Å²) in [6, 6.07) is 19.8. The molecule has 0 saturated heterocycles. The molecule has 5 nitrogen and oxygen atoms in total. The SMILES string of the molecule is CC(C)N(c1nc2c(sc(=S)n2-c2ccccc2)c(=O)n1-c1ccccc1)C(C)C. The Morgan fingerprint density at radius 1 is 0.867 bits per heavy atom.